The van der Waals surface area contributed by atoms with Gasteiger partial charge in [-0.2, -0.15) is 4.98 Å². The van der Waals surface area contributed by atoms with E-state index in [0.717, 1.165) is 47.8 Å². The minimum atomic E-state index is 0.573. The number of nitrogens with zero attached hydrogens (tertiary/aromatic N) is 4. The van der Waals surface area contributed by atoms with Crippen molar-refractivity contribution in [2.75, 3.05) is 36.4 Å². The molecule has 4 rings (SSSR count). The van der Waals surface area contributed by atoms with Crippen LogP contribution in [0.15, 0.2) is 60.7 Å². The second-order valence-corrected chi connectivity index (χ2v) is 6.87. The van der Waals surface area contributed by atoms with Gasteiger partial charge < -0.3 is 15.1 Å². The number of hydrogen-bond donors (Lipinski definition) is 1. The Morgan fingerprint density at radius 3 is 2.36 bits per heavy atom. The van der Waals surface area contributed by atoms with Crippen LogP contribution >= 0.6 is 0 Å². The van der Waals surface area contributed by atoms with E-state index in [2.05, 4.69) is 23.2 Å². The molecule has 1 N–H and O–H groups in total. The third kappa shape index (κ3) is 3.96. The van der Waals surface area contributed by atoms with E-state index in [0.29, 0.717) is 19.0 Å². The van der Waals surface area contributed by atoms with Crippen LogP contribution in [0.5, 0.6) is 0 Å². The van der Waals surface area contributed by atoms with Gasteiger partial charge in [0.25, 0.3) is 0 Å². The molecular formula is C22H23N5O. The molecule has 28 heavy (non-hydrogen) atoms. The van der Waals surface area contributed by atoms with Gasteiger partial charge in [0.2, 0.25) is 12.4 Å². The number of carbonyl (C=O) groups excluding carboxylic acids is 1. The Bertz CT molecular complexity index is 952. The molecule has 6 heteroatoms. The Hall–Kier alpha value is -3.41. The molecule has 3 aromatic rings. The maximum Gasteiger partial charge on any atom is 0.229 e. The van der Waals surface area contributed by atoms with Crippen molar-refractivity contribution in [3.05, 3.63) is 66.2 Å². The Labute approximate surface area is 164 Å². The van der Waals surface area contributed by atoms with Gasteiger partial charge in [0.05, 0.1) is 5.69 Å². The number of anilines is 3. The van der Waals surface area contributed by atoms with Gasteiger partial charge in [-0.3, -0.25) is 4.79 Å². The van der Waals surface area contributed by atoms with Gasteiger partial charge in [0, 0.05) is 43.5 Å². The maximum absolute atomic E-state index is 11.0. The van der Waals surface area contributed by atoms with Crippen LogP contribution in [0.3, 0.4) is 0 Å². The number of hydrogen-bond acceptors (Lipinski definition) is 5. The van der Waals surface area contributed by atoms with Gasteiger partial charge in [0.15, 0.2) is 0 Å². The van der Waals surface area contributed by atoms with Crippen LogP contribution in [0.2, 0.25) is 0 Å². The van der Waals surface area contributed by atoms with Crippen LogP contribution in [-0.4, -0.2) is 47.5 Å². The quantitative estimate of drug-likeness (QED) is 0.694. The lowest BCUT2D eigenvalue weighted by atomic mass is 10.1. The van der Waals surface area contributed by atoms with Gasteiger partial charge in [-0.1, -0.05) is 48.5 Å². The smallest absolute Gasteiger partial charge is 0.229 e. The predicted octanol–water partition coefficient (Wildman–Crippen LogP) is 3.47. The summed E-state index contributed by atoms with van der Waals surface area (Å²) in [6.07, 6.45) is 0.915. The molecule has 6 nitrogen and oxygen atoms in total. The lowest BCUT2D eigenvalue weighted by Gasteiger charge is -2.33. The molecule has 0 unspecified atom stereocenters. The summed E-state index contributed by atoms with van der Waals surface area (Å²) in [4.78, 5) is 24.5. The first-order chi connectivity index (χ1) is 13.7. The Kier molecular flexibility index (Phi) is 5.19. The van der Waals surface area contributed by atoms with Crippen molar-refractivity contribution in [3.63, 3.8) is 0 Å². The van der Waals surface area contributed by atoms with Crippen molar-refractivity contribution in [1.29, 1.82) is 0 Å². The minimum absolute atomic E-state index is 0.573. The minimum Gasteiger partial charge on any atom is -0.353 e. The number of aromatic nitrogens is 2. The zero-order chi connectivity index (χ0) is 19.3. The maximum atomic E-state index is 11.0. The fourth-order valence-corrected chi connectivity index (χ4v) is 3.30. The van der Waals surface area contributed by atoms with E-state index in [4.69, 9.17) is 9.97 Å². The SMILES string of the molecule is Cc1ccccc1Nc1nc(-c2ccccc2)cc(N2CCN(C=O)CC2)n1. The molecule has 0 aliphatic carbocycles. The standard InChI is InChI=1S/C22H23N5O/c1-17-7-5-6-10-19(17)23-22-24-20(18-8-3-2-4-9-18)15-21(25-22)27-13-11-26(16-28)12-14-27/h2-10,15-16H,11-14H2,1H3,(H,23,24,25). The average molecular weight is 373 g/mol. The molecule has 1 fully saturated rings. The molecule has 2 aromatic carbocycles. The van der Waals surface area contributed by atoms with Gasteiger partial charge in [0.1, 0.15) is 5.82 Å². The summed E-state index contributed by atoms with van der Waals surface area (Å²) in [5, 5.41) is 3.37. The second kappa shape index (κ2) is 8.08. The highest BCUT2D eigenvalue weighted by molar-refractivity contribution is 5.67. The fourth-order valence-electron chi connectivity index (χ4n) is 3.30. The molecular weight excluding hydrogens is 350 g/mol. The molecule has 0 bridgehead atoms. The van der Waals surface area contributed by atoms with Gasteiger partial charge in [-0.05, 0) is 18.6 Å². The lowest BCUT2D eigenvalue weighted by Crippen LogP contribution is -2.46. The monoisotopic (exact) mass is 373 g/mol. The summed E-state index contributed by atoms with van der Waals surface area (Å²) in [6, 6.07) is 20.2. The number of carbonyl (C=O) groups is 1. The molecule has 0 spiro atoms. The summed E-state index contributed by atoms with van der Waals surface area (Å²) in [7, 11) is 0. The van der Waals surface area contributed by atoms with Gasteiger partial charge in [-0.25, -0.2) is 4.98 Å². The van der Waals surface area contributed by atoms with E-state index in [1.54, 1.807) is 4.90 Å². The molecule has 0 saturated carbocycles. The molecule has 1 aliphatic heterocycles. The van der Waals surface area contributed by atoms with Crippen molar-refractivity contribution in [2.45, 2.75) is 6.92 Å². The average Bonchev–Trinajstić information content (AvgIpc) is 2.76. The Balaban J connectivity index is 1.69. The van der Waals surface area contributed by atoms with Crippen molar-refractivity contribution < 1.29 is 4.79 Å². The third-order valence-corrected chi connectivity index (χ3v) is 4.96. The van der Waals surface area contributed by atoms with Crippen molar-refractivity contribution in [2.24, 2.45) is 0 Å². The highest BCUT2D eigenvalue weighted by Gasteiger charge is 2.19. The predicted molar refractivity (Wildman–Crippen MR) is 112 cm³/mol. The summed E-state index contributed by atoms with van der Waals surface area (Å²) >= 11 is 0. The molecule has 2 heterocycles. The molecule has 0 radical (unpaired) electrons. The summed E-state index contributed by atoms with van der Waals surface area (Å²) in [5.41, 5.74) is 4.05. The summed E-state index contributed by atoms with van der Waals surface area (Å²) in [6.45, 7) is 4.98. The highest BCUT2D eigenvalue weighted by atomic mass is 16.1. The first kappa shape index (κ1) is 18.0. The van der Waals surface area contributed by atoms with Crippen molar-refractivity contribution in [1.82, 2.24) is 14.9 Å². The molecule has 1 saturated heterocycles. The number of amides is 1. The fraction of sp³-hybridized carbons (Fsp3) is 0.227. The van der Waals surface area contributed by atoms with Crippen molar-refractivity contribution in [3.8, 4) is 11.3 Å². The first-order valence-electron chi connectivity index (χ1n) is 9.44. The van der Waals surface area contributed by atoms with Crippen LogP contribution in [0.25, 0.3) is 11.3 Å². The summed E-state index contributed by atoms with van der Waals surface area (Å²) in [5.74, 6) is 1.44. The largest absolute Gasteiger partial charge is 0.353 e. The third-order valence-electron chi connectivity index (χ3n) is 4.96. The van der Waals surface area contributed by atoms with E-state index in [-0.39, 0.29) is 0 Å². The van der Waals surface area contributed by atoms with E-state index < -0.39 is 0 Å². The van der Waals surface area contributed by atoms with Crippen LogP contribution in [0.4, 0.5) is 17.5 Å². The molecule has 142 valence electrons. The summed E-state index contributed by atoms with van der Waals surface area (Å²) < 4.78 is 0. The Morgan fingerprint density at radius 2 is 1.64 bits per heavy atom. The molecule has 1 aliphatic rings. The highest BCUT2D eigenvalue weighted by Crippen LogP contribution is 2.26. The Morgan fingerprint density at radius 1 is 0.929 bits per heavy atom. The second-order valence-electron chi connectivity index (χ2n) is 6.87. The van der Waals surface area contributed by atoms with Crippen LogP contribution < -0.4 is 10.2 Å². The zero-order valence-electron chi connectivity index (χ0n) is 15.9. The number of nitrogens with one attached hydrogen (secondary N) is 1. The van der Waals surface area contributed by atoms with E-state index in [1.165, 1.54) is 0 Å². The first-order valence-corrected chi connectivity index (χ1v) is 9.44. The van der Waals surface area contributed by atoms with Gasteiger partial charge >= 0.3 is 0 Å². The number of piperazine rings is 1. The molecule has 1 amide bonds. The van der Waals surface area contributed by atoms with E-state index in [1.807, 2.05) is 54.6 Å². The van der Waals surface area contributed by atoms with Crippen LogP contribution in [0, 0.1) is 6.92 Å². The van der Waals surface area contributed by atoms with Gasteiger partial charge in [-0.15, -0.1) is 0 Å². The zero-order valence-corrected chi connectivity index (χ0v) is 15.9. The molecule has 1 aromatic heterocycles. The van der Waals surface area contributed by atoms with Crippen LogP contribution in [0.1, 0.15) is 5.56 Å². The normalized spacial score (nSPS) is 14.0. The van der Waals surface area contributed by atoms with Crippen molar-refractivity contribution >= 4 is 23.9 Å². The molecule has 0 atom stereocenters. The van der Waals surface area contributed by atoms with E-state index >= 15 is 0 Å². The number of para-hydroxylation sites is 1. The topological polar surface area (TPSA) is 61.4 Å². The van der Waals surface area contributed by atoms with E-state index in [9.17, 15) is 4.79 Å². The van der Waals surface area contributed by atoms with Crippen LogP contribution in [-0.2, 0) is 4.79 Å². The number of benzene rings is 2. The lowest BCUT2D eigenvalue weighted by molar-refractivity contribution is -0.118. The number of rotatable bonds is 5. The number of aryl methyl sites for hydroxylation is 1.